The fraction of sp³-hybridized carbons (Fsp3) is 0.632. The van der Waals surface area contributed by atoms with E-state index in [-0.39, 0.29) is 23.3 Å². The number of nitrogens with zero attached hydrogens (tertiary/aromatic N) is 2. The van der Waals surface area contributed by atoms with Gasteiger partial charge in [0, 0.05) is 31.2 Å². The summed E-state index contributed by atoms with van der Waals surface area (Å²) in [6.07, 6.45) is 4.62. The molecular weight excluding hydrogens is 388 g/mol. The normalized spacial score (nSPS) is 21.9. The Morgan fingerprint density at radius 3 is 2.63 bits per heavy atom. The van der Waals surface area contributed by atoms with Crippen molar-refractivity contribution in [2.45, 2.75) is 43.9 Å². The van der Waals surface area contributed by atoms with Gasteiger partial charge < -0.3 is 9.64 Å². The topological polar surface area (TPSA) is 66.9 Å². The van der Waals surface area contributed by atoms with Crippen molar-refractivity contribution in [1.29, 1.82) is 0 Å². The van der Waals surface area contributed by atoms with E-state index in [0.717, 1.165) is 38.8 Å². The van der Waals surface area contributed by atoms with Crippen molar-refractivity contribution >= 4 is 27.5 Å². The van der Waals surface area contributed by atoms with Crippen molar-refractivity contribution in [1.82, 2.24) is 9.21 Å². The van der Waals surface area contributed by atoms with Crippen LogP contribution in [0.3, 0.4) is 0 Å². The largest absolute Gasteiger partial charge is 0.492 e. The zero-order valence-corrected chi connectivity index (χ0v) is 17.3. The lowest BCUT2D eigenvalue weighted by molar-refractivity contribution is -0.137. The minimum Gasteiger partial charge on any atom is -0.492 e. The first-order valence-corrected chi connectivity index (χ1v) is 11.5. The Kier molecular flexibility index (Phi) is 6.65. The van der Waals surface area contributed by atoms with E-state index in [4.69, 9.17) is 16.3 Å². The van der Waals surface area contributed by atoms with Gasteiger partial charge in [-0.05, 0) is 57.2 Å². The predicted octanol–water partition coefficient (Wildman–Crippen LogP) is 3.15. The molecule has 2 aliphatic heterocycles. The second kappa shape index (κ2) is 8.80. The number of likely N-dealkylation sites (tertiary alicyclic amines) is 1. The first-order valence-electron chi connectivity index (χ1n) is 9.64. The first-order chi connectivity index (χ1) is 12.9. The van der Waals surface area contributed by atoms with Gasteiger partial charge in [-0.2, -0.15) is 4.31 Å². The van der Waals surface area contributed by atoms with Crippen molar-refractivity contribution in [2.24, 2.45) is 5.92 Å². The predicted molar refractivity (Wildman–Crippen MR) is 105 cm³/mol. The molecule has 0 spiro atoms. The van der Waals surface area contributed by atoms with Crippen LogP contribution in [0.25, 0.3) is 0 Å². The summed E-state index contributed by atoms with van der Waals surface area (Å²) in [5.41, 5.74) is 0. The summed E-state index contributed by atoms with van der Waals surface area (Å²) in [5.74, 6) is 0.110. The molecule has 2 saturated heterocycles. The number of sulfonamides is 1. The Balaban J connectivity index is 1.80. The molecule has 150 valence electrons. The Bertz CT molecular complexity index is 778. The maximum absolute atomic E-state index is 13.2. The fourth-order valence-electron chi connectivity index (χ4n) is 3.83. The van der Waals surface area contributed by atoms with Crippen molar-refractivity contribution in [3.63, 3.8) is 0 Å². The molecule has 0 radical (unpaired) electrons. The third-order valence-electron chi connectivity index (χ3n) is 5.22. The molecule has 2 fully saturated rings. The van der Waals surface area contributed by atoms with Crippen LogP contribution in [-0.4, -0.2) is 56.3 Å². The number of hydrogen-bond acceptors (Lipinski definition) is 4. The molecule has 0 aliphatic carbocycles. The highest BCUT2D eigenvalue weighted by Gasteiger charge is 2.36. The Morgan fingerprint density at radius 2 is 1.93 bits per heavy atom. The number of rotatable bonds is 5. The number of amides is 1. The van der Waals surface area contributed by atoms with E-state index in [9.17, 15) is 13.2 Å². The van der Waals surface area contributed by atoms with Gasteiger partial charge >= 0.3 is 0 Å². The molecule has 2 heterocycles. The molecule has 1 aromatic carbocycles. The molecule has 1 amide bonds. The van der Waals surface area contributed by atoms with Gasteiger partial charge in [0.05, 0.1) is 12.5 Å². The van der Waals surface area contributed by atoms with Gasteiger partial charge in [0.1, 0.15) is 10.6 Å². The van der Waals surface area contributed by atoms with Crippen LogP contribution in [-0.2, 0) is 14.8 Å². The van der Waals surface area contributed by atoms with E-state index < -0.39 is 10.0 Å². The second-order valence-electron chi connectivity index (χ2n) is 7.11. The Hall–Kier alpha value is -1.31. The van der Waals surface area contributed by atoms with Crippen LogP contribution in [0.4, 0.5) is 0 Å². The molecule has 2 aliphatic rings. The zero-order valence-electron chi connectivity index (χ0n) is 15.7. The minimum absolute atomic E-state index is 0.0721. The lowest BCUT2D eigenvalue weighted by Gasteiger charge is -2.35. The van der Waals surface area contributed by atoms with E-state index in [1.165, 1.54) is 10.4 Å². The van der Waals surface area contributed by atoms with Gasteiger partial charge in [-0.3, -0.25) is 4.79 Å². The van der Waals surface area contributed by atoms with Crippen LogP contribution in [0, 0.1) is 5.92 Å². The summed E-state index contributed by atoms with van der Waals surface area (Å²) < 4.78 is 33.4. The van der Waals surface area contributed by atoms with E-state index in [0.29, 0.717) is 30.3 Å². The molecule has 8 heteroatoms. The zero-order chi connectivity index (χ0) is 19.4. The molecule has 6 nitrogen and oxygen atoms in total. The summed E-state index contributed by atoms with van der Waals surface area (Å²) in [5, 5.41) is 0.343. The minimum atomic E-state index is -3.78. The highest BCUT2D eigenvalue weighted by molar-refractivity contribution is 7.89. The molecule has 0 N–H and O–H groups in total. The number of halogens is 1. The number of hydrogen-bond donors (Lipinski definition) is 0. The molecule has 1 aromatic rings. The van der Waals surface area contributed by atoms with E-state index in [1.807, 2.05) is 4.90 Å². The van der Waals surface area contributed by atoms with Gasteiger partial charge in [-0.1, -0.05) is 11.6 Å². The van der Waals surface area contributed by atoms with Crippen molar-refractivity contribution < 1.29 is 17.9 Å². The average Bonchev–Trinajstić information content (AvgIpc) is 2.69. The third-order valence-corrected chi connectivity index (χ3v) is 7.35. The number of carbonyl (C=O) groups is 1. The Labute approximate surface area is 166 Å². The molecule has 0 unspecified atom stereocenters. The van der Waals surface area contributed by atoms with Crippen LogP contribution in [0.5, 0.6) is 5.75 Å². The van der Waals surface area contributed by atoms with Gasteiger partial charge in [0.15, 0.2) is 0 Å². The Morgan fingerprint density at radius 1 is 1.19 bits per heavy atom. The molecule has 0 saturated carbocycles. The van der Waals surface area contributed by atoms with Gasteiger partial charge in [-0.15, -0.1) is 0 Å². The van der Waals surface area contributed by atoms with Gasteiger partial charge in [-0.25, -0.2) is 8.42 Å². The summed E-state index contributed by atoms with van der Waals surface area (Å²) >= 11 is 6.04. The summed E-state index contributed by atoms with van der Waals surface area (Å²) in [6.45, 7) is 4.36. The van der Waals surface area contributed by atoms with Crippen LogP contribution in [0.2, 0.25) is 5.02 Å². The highest BCUT2D eigenvalue weighted by Crippen LogP contribution is 2.32. The number of piperidine rings is 2. The molecule has 0 bridgehead atoms. The SMILES string of the molecule is CCOc1ccc(Cl)cc1S(=O)(=O)N1CCC[C@H](C(=O)N2CCCCC2)C1. The highest BCUT2D eigenvalue weighted by atomic mass is 35.5. The second-order valence-corrected chi connectivity index (χ2v) is 9.46. The molecule has 3 rings (SSSR count). The quantitative estimate of drug-likeness (QED) is 0.742. The van der Waals surface area contributed by atoms with Gasteiger partial charge in [0.2, 0.25) is 15.9 Å². The maximum Gasteiger partial charge on any atom is 0.246 e. The molecule has 0 aromatic heterocycles. The van der Waals surface area contributed by atoms with E-state index in [2.05, 4.69) is 0 Å². The van der Waals surface area contributed by atoms with Crippen LogP contribution >= 0.6 is 11.6 Å². The summed E-state index contributed by atoms with van der Waals surface area (Å²) in [4.78, 5) is 14.8. The molecule has 1 atom stereocenters. The van der Waals surface area contributed by atoms with Crippen LogP contribution < -0.4 is 4.74 Å². The summed E-state index contributed by atoms with van der Waals surface area (Å²) in [7, 11) is -3.78. The van der Waals surface area contributed by atoms with Crippen molar-refractivity contribution in [2.75, 3.05) is 32.8 Å². The van der Waals surface area contributed by atoms with E-state index >= 15 is 0 Å². The van der Waals surface area contributed by atoms with E-state index in [1.54, 1.807) is 19.1 Å². The standard InChI is InChI=1S/C19H27ClN2O4S/c1-2-26-17-9-8-16(20)13-18(17)27(24,25)22-12-6-7-15(14-22)19(23)21-10-4-3-5-11-21/h8-9,13,15H,2-7,10-12,14H2,1H3/t15-/m0/s1. The lowest BCUT2D eigenvalue weighted by Crippen LogP contribution is -2.47. The van der Waals surface area contributed by atoms with Crippen molar-refractivity contribution in [3.05, 3.63) is 23.2 Å². The maximum atomic E-state index is 13.2. The molecular formula is C19H27ClN2O4S. The third kappa shape index (κ3) is 4.58. The number of benzene rings is 1. The number of carbonyl (C=O) groups excluding carboxylic acids is 1. The van der Waals surface area contributed by atoms with Crippen molar-refractivity contribution in [3.8, 4) is 5.75 Å². The molecule has 27 heavy (non-hydrogen) atoms. The van der Waals surface area contributed by atoms with Gasteiger partial charge in [0.25, 0.3) is 0 Å². The van der Waals surface area contributed by atoms with Crippen LogP contribution in [0.1, 0.15) is 39.0 Å². The lowest BCUT2D eigenvalue weighted by atomic mass is 9.97. The summed E-state index contributed by atoms with van der Waals surface area (Å²) in [6, 6.07) is 4.63. The average molecular weight is 415 g/mol. The fourth-order valence-corrected chi connectivity index (χ4v) is 5.75. The number of ether oxygens (including phenoxy) is 1. The first kappa shape index (κ1) is 20.4. The van der Waals surface area contributed by atoms with Crippen LogP contribution in [0.15, 0.2) is 23.1 Å². The smallest absolute Gasteiger partial charge is 0.246 e. The monoisotopic (exact) mass is 414 g/mol.